The molecule has 0 spiro atoms. The molecule has 0 aliphatic heterocycles. The molecule has 0 bridgehead atoms. The third-order valence-corrected chi connectivity index (χ3v) is 0.905. The molecular weight excluding hydrogens is 162 g/mol. The van der Waals surface area contributed by atoms with E-state index in [1.165, 1.54) is 6.92 Å². The van der Waals surface area contributed by atoms with Gasteiger partial charge in [0.15, 0.2) is 0 Å². The highest BCUT2D eigenvalue weighted by Crippen LogP contribution is 1.85. The molecule has 0 aromatic carbocycles. The zero-order chi connectivity index (χ0) is 11.3. The summed E-state index contributed by atoms with van der Waals surface area (Å²) in [6, 6.07) is 0. The van der Waals surface area contributed by atoms with Crippen LogP contribution in [0.3, 0.4) is 0 Å². The number of allylic oxidation sites excluding steroid dienone is 2. The summed E-state index contributed by atoms with van der Waals surface area (Å²) in [4.78, 5) is 13.8. The Hall–Kier alpha value is -0.920. The van der Waals surface area contributed by atoms with Crippen molar-refractivity contribution >= 4 is 12.1 Å². The predicted octanol–water partition coefficient (Wildman–Crippen LogP) is 3.62. The van der Waals surface area contributed by atoms with Gasteiger partial charge in [0, 0.05) is 13.1 Å². The summed E-state index contributed by atoms with van der Waals surface area (Å²) in [5.74, 6) is -0.156. The van der Waals surface area contributed by atoms with Gasteiger partial charge in [-0.1, -0.05) is 33.8 Å². The molecule has 78 valence electrons. The number of hydrogen-bond donors (Lipinski definition) is 0. The zero-order valence-electron chi connectivity index (χ0n) is 10.0. The number of nitrogens with zero attached hydrogens (tertiary/aromatic N) is 1. The van der Waals surface area contributed by atoms with Crippen molar-refractivity contribution < 1.29 is 4.79 Å². The Morgan fingerprint density at radius 3 is 1.69 bits per heavy atom. The van der Waals surface area contributed by atoms with Crippen LogP contribution >= 0.6 is 0 Å². The Labute approximate surface area is 82.8 Å². The maximum atomic E-state index is 10.2. The van der Waals surface area contributed by atoms with Crippen molar-refractivity contribution in [2.45, 2.75) is 48.5 Å². The molecule has 13 heavy (non-hydrogen) atoms. The van der Waals surface area contributed by atoms with Crippen molar-refractivity contribution in [3.63, 3.8) is 0 Å². The number of aliphatic imine (C=N–C) groups is 1. The van der Waals surface area contributed by atoms with Crippen molar-refractivity contribution in [3.8, 4) is 0 Å². The average molecular weight is 185 g/mol. The second-order valence-electron chi connectivity index (χ2n) is 1.81. The minimum atomic E-state index is -0.156. The van der Waals surface area contributed by atoms with Crippen LogP contribution in [-0.4, -0.2) is 12.1 Å². The van der Waals surface area contributed by atoms with E-state index in [1.807, 2.05) is 47.6 Å². The lowest BCUT2D eigenvalue weighted by atomic mass is 10.3. The van der Waals surface area contributed by atoms with Crippen LogP contribution in [0, 0.1) is 0 Å². The van der Waals surface area contributed by atoms with Crippen LogP contribution in [0.2, 0.25) is 0 Å². The first kappa shape index (κ1) is 18.0. The van der Waals surface area contributed by atoms with Crippen molar-refractivity contribution in [2.24, 2.45) is 4.99 Å². The van der Waals surface area contributed by atoms with Gasteiger partial charge in [0.25, 0.3) is 0 Å². The van der Waals surface area contributed by atoms with Gasteiger partial charge in [-0.25, -0.2) is 4.99 Å². The molecule has 0 aliphatic carbocycles. The van der Waals surface area contributed by atoms with E-state index in [4.69, 9.17) is 0 Å². The lowest BCUT2D eigenvalue weighted by molar-refractivity contribution is -0.115. The summed E-state index contributed by atoms with van der Waals surface area (Å²) < 4.78 is 0. The molecule has 0 radical (unpaired) electrons. The minimum absolute atomic E-state index is 0.156. The zero-order valence-corrected chi connectivity index (χ0v) is 10.0. The van der Waals surface area contributed by atoms with E-state index in [0.717, 1.165) is 5.57 Å². The summed E-state index contributed by atoms with van der Waals surface area (Å²) >= 11 is 0. The predicted molar refractivity (Wildman–Crippen MR) is 61.3 cm³/mol. The van der Waals surface area contributed by atoms with Crippen LogP contribution < -0.4 is 0 Å². The van der Waals surface area contributed by atoms with Crippen LogP contribution in [0.15, 0.2) is 16.6 Å². The van der Waals surface area contributed by atoms with Crippen LogP contribution in [0.25, 0.3) is 0 Å². The van der Waals surface area contributed by atoms with E-state index in [-0.39, 0.29) is 5.91 Å². The van der Waals surface area contributed by atoms with E-state index >= 15 is 0 Å². The molecule has 0 rings (SSSR count). The molecule has 0 aromatic rings. The molecular formula is C11H23NO. The SMILES string of the molecule is C/C=C(/C)C=NC(C)=O.CC.CC. The normalized spacial score (nSPS) is 9.62. The quantitative estimate of drug-likeness (QED) is 0.574. The van der Waals surface area contributed by atoms with Crippen molar-refractivity contribution in [2.75, 3.05) is 0 Å². The molecule has 2 heteroatoms. The molecule has 0 fully saturated rings. The van der Waals surface area contributed by atoms with Gasteiger partial charge in [-0.3, -0.25) is 4.79 Å². The van der Waals surface area contributed by atoms with Gasteiger partial charge in [-0.05, 0) is 19.4 Å². The lowest BCUT2D eigenvalue weighted by Crippen LogP contribution is -1.84. The highest BCUT2D eigenvalue weighted by molar-refractivity contribution is 5.89. The second kappa shape index (κ2) is 17.2. The molecule has 1 amide bonds. The Kier molecular flexibility index (Phi) is 23.9. The van der Waals surface area contributed by atoms with Gasteiger partial charge >= 0.3 is 0 Å². The third kappa shape index (κ3) is 24.7. The van der Waals surface area contributed by atoms with Gasteiger partial charge in [0.05, 0.1) is 0 Å². The molecule has 0 heterocycles. The van der Waals surface area contributed by atoms with Crippen LogP contribution in [0.4, 0.5) is 0 Å². The van der Waals surface area contributed by atoms with E-state index in [2.05, 4.69) is 4.99 Å². The Morgan fingerprint density at radius 2 is 1.46 bits per heavy atom. The summed E-state index contributed by atoms with van der Waals surface area (Å²) in [5, 5.41) is 0. The maximum Gasteiger partial charge on any atom is 0.242 e. The van der Waals surface area contributed by atoms with Gasteiger partial charge in [-0.2, -0.15) is 0 Å². The first-order valence-corrected chi connectivity index (χ1v) is 4.84. The fourth-order valence-corrected chi connectivity index (χ4v) is 0.267. The van der Waals surface area contributed by atoms with Crippen LogP contribution in [-0.2, 0) is 4.79 Å². The van der Waals surface area contributed by atoms with E-state index < -0.39 is 0 Å². The topological polar surface area (TPSA) is 29.4 Å². The number of hydrogen-bond acceptors (Lipinski definition) is 1. The number of amides is 1. The monoisotopic (exact) mass is 185 g/mol. The second-order valence-corrected chi connectivity index (χ2v) is 1.81. The first-order valence-electron chi connectivity index (χ1n) is 4.84. The molecule has 0 saturated carbocycles. The van der Waals surface area contributed by atoms with Gasteiger partial charge in [0.1, 0.15) is 0 Å². The molecule has 0 aliphatic rings. The fraction of sp³-hybridized carbons (Fsp3) is 0.636. The number of carbonyl (C=O) groups is 1. The molecule has 0 N–H and O–H groups in total. The lowest BCUT2D eigenvalue weighted by Gasteiger charge is -1.83. The van der Waals surface area contributed by atoms with Crippen LogP contribution in [0.1, 0.15) is 48.5 Å². The molecule has 0 saturated heterocycles. The first-order chi connectivity index (χ1) is 6.16. The third-order valence-electron chi connectivity index (χ3n) is 0.905. The molecule has 2 nitrogen and oxygen atoms in total. The highest BCUT2D eigenvalue weighted by atomic mass is 16.1. The largest absolute Gasteiger partial charge is 0.273 e. The standard InChI is InChI=1S/C7H11NO.2C2H6/c1-4-6(2)5-8-7(3)9;2*1-2/h4-5H,1-3H3;2*1-2H3/b6-4-,8-5?;;. The van der Waals surface area contributed by atoms with E-state index in [9.17, 15) is 4.79 Å². The Morgan fingerprint density at radius 1 is 1.08 bits per heavy atom. The van der Waals surface area contributed by atoms with Gasteiger partial charge in [0.2, 0.25) is 5.91 Å². The molecule has 0 unspecified atom stereocenters. The average Bonchev–Trinajstić information content (AvgIpc) is 2.20. The number of rotatable bonds is 1. The summed E-state index contributed by atoms with van der Waals surface area (Å²) in [7, 11) is 0. The summed E-state index contributed by atoms with van der Waals surface area (Å²) in [5.41, 5.74) is 1.00. The highest BCUT2D eigenvalue weighted by Gasteiger charge is 1.81. The van der Waals surface area contributed by atoms with Crippen molar-refractivity contribution in [1.29, 1.82) is 0 Å². The number of carbonyl (C=O) groups excluding carboxylic acids is 1. The van der Waals surface area contributed by atoms with Crippen molar-refractivity contribution in [1.82, 2.24) is 0 Å². The summed E-state index contributed by atoms with van der Waals surface area (Å²) in [6.45, 7) is 13.2. The fourth-order valence-electron chi connectivity index (χ4n) is 0.267. The van der Waals surface area contributed by atoms with Gasteiger partial charge < -0.3 is 0 Å². The minimum Gasteiger partial charge on any atom is -0.273 e. The van der Waals surface area contributed by atoms with Gasteiger partial charge in [-0.15, -0.1) is 0 Å². The van der Waals surface area contributed by atoms with E-state index in [0.29, 0.717) is 0 Å². The van der Waals surface area contributed by atoms with Crippen molar-refractivity contribution in [3.05, 3.63) is 11.6 Å². The maximum absolute atomic E-state index is 10.2. The Bertz CT molecular complexity index is 157. The Balaban J connectivity index is -0.000000218. The molecule has 0 aromatic heterocycles. The van der Waals surface area contributed by atoms with E-state index in [1.54, 1.807) is 6.21 Å². The smallest absolute Gasteiger partial charge is 0.242 e. The molecule has 0 atom stereocenters. The van der Waals surface area contributed by atoms with Crippen LogP contribution in [0.5, 0.6) is 0 Å². The summed E-state index contributed by atoms with van der Waals surface area (Å²) in [6.07, 6.45) is 3.45.